The lowest BCUT2D eigenvalue weighted by Gasteiger charge is -2.13. The molecule has 1 N–H and O–H groups in total. The highest BCUT2D eigenvalue weighted by Gasteiger charge is 2.10. The predicted octanol–water partition coefficient (Wildman–Crippen LogP) is 5.27. The number of allylic oxidation sites excluding steroid dienone is 4. The van der Waals surface area contributed by atoms with E-state index in [9.17, 15) is 0 Å². The summed E-state index contributed by atoms with van der Waals surface area (Å²) in [5, 5.41) is 0.860. The molecule has 0 unspecified atom stereocenters. The molecule has 1 heterocycles. The zero-order chi connectivity index (χ0) is 18.4. The summed E-state index contributed by atoms with van der Waals surface area (Å²) in [5.41, 5.74) is 5.04. The molecule has 0 aliphatic carbocycles. The summed E-state index contributed by atoms with van der Waals surface area (Å²) in [6.07, 6.45) is 3.66. The lowest BCUT2D eigenvalue weighted by atomic mass is 10.1. The third-order valence-electron chi connectivity index (χ3n) is 3.97. The van der Waals surface area contributed by atoms with E-state index in [1.165, 1.54) is 0 Å². The van der Waals surface area contributed by atoms with Crippen LogP contribution in [-0.2, 0) is 4.74 Å². The number of hydrogen-bond acceptors (Lipinski definition) is 4. The second-order valence-corrected chi connectivity index (χ2v) is 6.45. The number of benzene rings is 1. The molecule has 0 saturated heterocycles. The summed E-state index contributed by atoms with van der Waals surface area (Å²) >= 11 is 1.63. The van der Waals surface area contributed by atoms with Gasteiger partial charge >= 0.3 is 0 Å². The molecule has 0 spiro atoms. The monoisotopic (exact) mass is 356 g/mol. The molecule has 4 nitrogen and oxygen atoms in total. The third kappa shape index (κ3) is 4.37. The SMILES string of the molecule is C=C/C(C)=C(OC)\C(C)=C(/C=C)CSc1nc2ccc(OC)cc2[nH]1. The van der Waals surface area contributed by atoms with E-state index >= 15 is 0 Å². The van der Waals surface area contributed by atoms with Crippen LogP contribution in [0.2, 0.25) is 0 Å². The molecule has 0 aliphatic heterocycles. The van der Waals surface area contributed by atoms with Gasteiger partial charge in [0, 0.05) is 11.8 Å². The first-order chi connectivity index (χ1) is 12.0. The quantitative estimate of drug-likeness (QED) is 0.397. The minimum Gasteiger partial charge on any atom is -0.497 e. The molecule has 5 heteroatoms. The van der Waals surface area contributed by atoms with Crippen LogP contribution in [0.5, 0.6) is 5.75 Å². The molecule has 0 aliphatic rings. The van der Waals surface area contributed by atoms with Crippen molar-refractivity contribution >= 4 is 22.8 Å². The molecule has 0 amide bonds. The summed E-state index contributed by atoms with van der Waals surface area (Å²) in [6.45, 7) is 11.8. The maximum Gasteiger partial charge on any atom is 0.166 e. The predicted molar refractivity (Wildman–Crippen MR) is 106 cm³/mol. The van der Waals surface area contributed by atoms with Crippen LogP contribution < -0.4 is 4.74 Å². The number of hydrogen-bond donors (Lipinski definition) is 1. The van der Waals surface area contributed by atoms with E-state index in [4.69, 9.17) is 9.47 Å². The Morgan fingerprint density at radius 2 is 2.00 bits per heavy atom. The molecule has 0 radical (unpaired) electrons. The van der Waals surface area contributed by atoms with Crippen LogP contribution in [0.3, 0.4) is 0 Å². The highest BCUT2D eigenvalue weighted by atomic mass is 32.2. The van der Waals surface area contributed by atoms with Crippen LogP contribution in [-0.4, -0.2) is 29.9 Å². The Hall–Kier alpha value is -2.40. The average Bonchev–Trinajstić information content (AvgIpc) is 3.04. The first kappa shape index (κ1) is 18.9. The number of rotatable bonds is 8. The molecule has 0 atom stereocenters. The van der Waals surface area contributed by atoms with Crippen molar-refractivity contribution in [1.82, 2.24) is 9.97 Å². The van der Waals surface area contributed by atoms with Gasteiger partial charge in [0.2, 0.25) is 0 Å². The van der Waals surface area contributed by atoms with Gasteiger partial charge in [-0.15, -0.1) is 0 Å². The van der Waals surface area contributed by atoms with E-state index in [0.717, 1.165) is 50.2 Å². The highest BCUT2D eigenvalue weighted by Crippen LogP contribution is 2.27. The van der Waals surface area contributed by atoms with Gasteiger partial charge in [-0.05, 0) is 42.7 Å². The molecule has 0 bridgehead atoms. The van der Waals surface area contributed by atoms with E-state index < -0.39 is 0 Å². The Kier molecular flexibility index (Phi) is 6.53. The van der Waals surface area contributed by atoms with Crippen molar-refractivity contribution in [3.63, 3.8) is 0 Å². The Morgan fingerprint density at radius 3 is 2.60 bits per heavy atom. The Balaban J connectivity index is 2.24. The van der Waals surface area contributed by atoms with Crippen molar-refractivity contribution < 1.29 is 9.47 Å². The van der Waals surface area contributed by atoms with Gasteiger partial charge in [0.05, 0.1) is 25.3 Å². The van der Waals surface area contributed by atoms with Gasteiger partial charge < -0.3 is 14.5 Å². The van der Waals surface area contributed by atoms with Crippen molar-refractivity contribution in [2.45, 2.75) is 19.0 Å². The van der Waals surface area contributed by atoms with Crippen molar-refractivity contribution in [2.24, 2.45) is 0 Å². The van der Waals surface area contributed by atoms with E-state index in [1.54, 1.807) is 32.1 Å². The largest absolute Gasteiger partial charge is 0.497 e. The fourth-order valence-corrected chi connectivity index (χ4v) is 3.45. The van der Waals surface area contributed by atoms with Crippen LogP contribution >= 0.6 is 11.8 Å². The number of thioether (sulfide) groups is 1. The second kappa shape index (κ2) is 8.62. The molecule has 1 aromatic heterocycles. The molecule has 25 heavy (non-hydrogen) atoms. The Morgan fingerprint density at radius 1 is 1.24 bits per heavy atom. The number of ether oxygens (including phenoxy) is 2. The van der Waals surface area contributed by atoms with Crippen molar-refractivity contribution in [1.29, 1.82) is 0 Å². The van der Waals surface area contributed by atoms with Crippen LogP contribution in [0.1, 0.15) is 13.8 Å². The first-order valence-electron chi connectivity index (χ1n) is 7.90. The van der Waals surface area contributed by atoms with Crippen molar-refractivity contribution in [2.75, 3.05) is 20.0 Å². The number of nitrogens with one attached hydrogen (secondary N) is 1. The topological polar surface area (TPSA) is 47.1 Å². The summed E-state index contributed by atoms with van der Waals surface area (Å²) in [4.78, 5) is 7.93. The van der Waals surface area contributed by atoms with Gasteiger partial charge in [-0.25, -0.2) is 4.98 Å². The number of imidazole rings is 1. The van der Waals surface area contributed by atoms with Crippen LogP contribution in [0.4, 0.5) is 0 Å². The highest BCUT2D eigenvalue weighted by molar-refractivity contribution is 7.99. The fourth-order valence-electron chi connectivity index (χ4n) is 2.48. The first-order valence-corrected chi connectivity index (χ1v) is 8.89. The number of aromatic amines is 1. The molecule has 2 rings (SSSR count). The normalized spacial score (nSPS) is 13.1. The zero-order valence-electron chi connectivity index (χ0n) is 15.2. The molecule has 0 saturated carbocycles. The van der Waals surface area contributed by atoms with E-state index in [-0.39, 0.29) is 0 Å². The lowest BCUT2D eigenvalue weighted by molar-refractivity contribution is 0.297. The summed E-state index contributed by atoms with van der Waals surface area (Å²) < 4.78 is 10.8. The van der Waals surface area contributed by atoms with Crippen molar-refractivity contribution in [3.05, 3.63) is 66.0 Å². The smallest absolute Gasteiger partial charge is 0.166 e. The lowest BCUT2D eigenvalue weighted by Crippen LogP contribution is -1.98. The number of fused-ring (bicyclic) bond motifs is 1. The van der Waals surface area contributed by atoms with E-state index in [2.05, 4.69) is 23.1 Å². The van der Waals surface area contributed by atoms with Crippen LogP contribution in [0, 0.1) is 0 Å². The zero-order valence-corrected chi connectivity index (χ0v) is 16.0. The second-order valence-electron chi connectivity index (χ2n) is 5.49. The number of aromatic nitrogens is 2. The molecular formula is C20H24N2O2S. The molecule has 1 aromatic carbocycles. The molecular weight excluding hydrogens is 332 g/mol. The van der Waals surface area contributed by atoms with Gasteiger partial charge in [0.15, 0.2) is 5.16 Å². The number of nitrogens with zero attached hydrogens (tertiary/aromatic N) is 1. The maximum absolute atomic E-state index is 5.53. The summed E-state index contributed by atoms with van der Waals surface area (Å²) in [7, 11) is 3.33. The van der Waals surface area contributed by atoms with E-state index in [1.807, 2.05) is 38.1 Å². The van der Waals surface area contributed by atoms with Gasteiger partial charge in [0.1, 0.15) is 11.5 Å². The average molecular weight is 356 g/mol. The van der Waals surface area contributed by atoms with E-state index in [0.29, 0.717) is 0 Å². The summed E-state index contributed by atoms with van der Waals surface area (Å²) in [5.74, 6) is 2.38. The maximum atomic E-state index is 5.53. The minimum absolute atomic E-state index is 0.740. The van der Waals surface area contributed by atoms with Gasteiger partial charge in [-0.3, -0.25) is 0 Å². The van der Waals surface area contributed by atoms with Crippen LogP contribution in [0.25, 0.3) is 11.0 Å². The Labute approximate surface area is 153 Å². The van der Waals surface area contributed by atoms with Gasteiger partial charge in [-0.1, -0.05) is 37.1 Å². The fraction of sp³-hybridized carbons (Fsp3) is 0.250. The summed E-state index contributed by atoms with van der Waals surface area (Å²) in [6, 6.07) is 5.80. The standard InChI is InChI=1S/C20H24N2O2S/c1-7-13(3)19(24-6)14(4)15(8-2)12-25-20-21-17-10-9-16(23-5)11-18(17)22-20/h7-11H,1-2,12H2,3-6H3,(H,21,22)/b15-14+,19-13+. The molecule has 2 aromatic rings. The number of H-pyrrole nitrogens is 1. The van der Waals surface area contributed by atoms with Crippen LogP contribution in [0.15, 0.2) is 71.1 Å². The third-order valence-corrected chi connectivity index (χ3v) is 4.89. The van der Waals surface area contributed by atoms with Gasteiger partial charge in [0.25, 0.3) is 0 Å². The molecule has 132 valence electrons. The minimum atomic E-state index is 0.740. The van der Waals surface area contributed by atoms with Gasteiger partial charge in [-0.2, -0.15) is 0 Å². The molecule has 0 fully saturated rings. The van der Waals surface area contributed by atoms with Crippen molar-refractivity contribution in [3.8, 4) is 5.75 Å². The Bertz CT molecular complexity index is 846. The number of methoxy groups -OCH3 is 2.